The lowest BCUT2D eigenvalue weighted by Gasteiger charge is -2.10. The van der Waals surface area contributed by atoms with E-state index < -0.39 is 0 Å². The smallest absolute Gasteiger partial charge is 0.312 e. The molecule has 0 saturated heterocycles. The van der Waals surface area contributed by atoms with Gasteiger partial charge in [-0.1, -0.05) is 38.7 Å². The van der Waals surface area contributed by atoms with Crippen molar-refractivity contribution in [2.75, 3.05) is 6.61 Å². The Bertz CT molecular complexity index is 164. The van der Waals surface area contributed by atoms with Crippen LogP contribution >= 0.6 is 0 Å². The topological polar surface area (TPSA) is 26.3 Å². The molecular weight excluding hydrogens is 176 g/mol. The largest absolute Gasteiger partial charge is 0.466 e. The maximum absolute atomic E-state index is 11.3. The van der Waals surface area contributed by atoms with Crippen LogP contribution in [0.25, 0.3) is 0 Å². The van der Waals surface area contributed by atoms with E-state index in [9.17, 15) is 4.79 Å². The molecule has 0 rings (SSSR count). The normalized spacial score (nSPS) is 12.1. The van der Waals surface area contributed by atoms with Gasteiger partial charge in [0.15, 0.2) is 0 Å². The van der Waals surface area contributed by atoms with E-state index in [-0.39, 0.29) is 11.9 Å². The van der Waals surface area contributed by atoms with Crippen molar-refractivity contribution in [3.63, 3.8) is 0 Å². The van der Waals surface area contributed by atoms with Crippen LogP contribution in [0.5, 0.6) is 0 Å². The van der Waals surface area contributed by atoms with Gasteiger partial charge in [0.05, 0.1) is 12.5 Å². The van der Waals surface area contributed by atoms with Crippen LogP contribution in [0.1, 0.15) is 46.0 Å². The summed E-state index contributed by atoms with van der Waals surface area (Å²) in [4.78, 5) is 11.3. The number of ether oxygens (including phenoxy) is 1. The zero-order chi connectivity index (χ0) is 10.8. The Morgan fingerprint density at radius 3 is 2.57 bits per heavy atom. The van der Waals surface area contributed by atoms with Gasteiger partial charge >= 0.3 is 5.97 Å². The van der Waals surface area contributed by atoms with Gasteiger partial charge in [-0.15, -0.1) is 6.58 Å². The molecule has 0 aliphatic rings. The maximum Gasteiger partial charge on any atom is 0.312 e. The number of carbonyl (C=O) groups is 1. The van der Waals surface area contributed by atoms with E-state index in [0.29, 0.717) is 6.61 Å². The molecule has 0 bridgehead atoms. The molecule has 0 radical (unpaired) electrons. The Labute approximate surface area is 87.3 Å². The molecule has 0 heterocycles. The average molecular weight is 198 g/mol. The summed E-state index contributed by atoms with van der Waals surface area (Å²) in [5.74, 6) is -0.231. The first kappa shape index (κ1) is 13.2. The Morgan fingerprint density at radius 1 is 1.36 bits per heavy atom. The number of carbonyl (C=O) groups excluding carboxylic acids is 1. The van der Waals surface area contributed by atoms with E-state index in [2.05, 4.69) is 13.5 Å². The lowest BCUT2D eigenvalue weighted by atomic mass is 10.0. The van der Waals surface area contributed by atoms with Crippen molar-refractivity contribution in [2.45, 2.75) is 46.0 Å². The second kappa shape index (κ2) is 8.79. The Morgan fingerprint density at radius 2 is 2.07 bits per heavy atom. The molecule has 0 aromatic heterocycles. The first-order valence-electron chi connectivity index (χ1n) is 5.55. The summed E-state index contributed by atoms with van der Waals surface area (Å²) in [5, 5.41) is 0. The van der Waals surface area contributed by atoms with Gasteiger partial charge in [0.1, 0.15) is 0 Å². The van der Waals surface area contributed by atoms with Crippen molar-refractivity contribution >= 4 is 5.97 Å². The molecule has 0 spiro atoms. The minimum Gasteiger partial charge on any atom is -0.466 e. The first-order valence-corrected chi connectivity index (χ1v) is 5.55. The van der Waals surface area contributed by atoms with Crippen LogP contribution in [0.2, 0.25) is 0 Å². The minimum absolute atomic E-state index is 0.105. The van der Waals surface area contributed by atoms with Crippen molar-refractivity contribution in [1.29, 1.82) is 0 Å². The van der Waals surface area contributed by atoms with Gasteiger partial charge < -0.3 is 4.74 Å². The standard InChI is InChI=1S/C12H22O2/c1-4-7-8-9-10-11(5-2)12(13)14-6-3/h5,11H,2,4,6-10H2,1,3H3. The summed E-state index contributed by atoms with van der Waals surface area (Å²) in [5.41, 5.74) is 0. The second-order valence-electron chi connectivity index (χ2n) is 3.44. The summed E-state index contributed by atoms with van der Waals surface area (Å²) in [6.07, 6.45) is 7.32. The summed E-state index contributed by atoms with van der Waals surface area (Å²) in [6.45, 7) is 8.12. The predicted molar refractivity (Wildman–Crippen MR) is 59.1 cm³/mol. The average Bonchev–Trinajstić information content (AvgIpc) is 2.18. The SMILES string of the molecule is C=CC(CCCCCC)C(=O)OCC. The lowest BCUT2D eigenvalue weighted by molar-refractivity contribution is -0.146. The first-order chi connectivity index (χ1) is 6.76. The van der Waals surface area contributed by atoms with E-state index >= 15 is 0 Å². The third-order valence-corrected chi connectivity index (χ3v) is 2.24. The number of hydrogen-bond acceptors (Lipinski definition) is 2. The maximum atomic E-state index is 11.3. The van der Waals surface area contributed by atoms with Gasteiger partial charge in [-0.25, -0.2) is 0 Å². The fourth-order valence-electron chi connectivity index (χ4n) is 1.37. The summed E-state index contributed by atoms with van der Waals surface area (Å²) < 4.78 is 4.94. The van der Waals surface area contributed by atoms with Crippen LogP contribution in [0.3, 0.4) is 0 Å². The molecule has 1 atom stereocenters. The van der Waals surface area contributed by atoms with Crippen LogP contribution < -0.4 is 0 Å². The molecule has 1 unspecified atom stereocenters. The minimum atomic E-state index is -0.126. The molecule has 2 heteroatoms. The molecule has 0 amide bonds. The zero-order valence-electron chi connectivity index (χ0n) is 9.42. The van der Waals surface area contributed by atoms with Crippen molar-refractivity contribution in [1.82, 2.24) is 0 Å². The van der Waals surface area contributed by atoms with Crippen molar-refractivity contribution < 1.29 is 9.53 Å². The van der Waals surface area contributed by atoms with E-state index in [1.54, 1.807) is 6.08 Å². The van der Waals surface area contributed by atoms with Gasteiger partial charge in [-0.2, -0.15) is 0 Å². The molecule has 0 aromatic rings. The van der Waals surface area contributed by atoms with Crippen LogP contribution in [0.15, 0.2) is 12.7 Å². The number of esters is 1. The third-order valence-electron chi connectivity index (χ3n) is 2.24. The summed E-state index contributed by atoms with van der Waals surface area (Å²) >= 11 is 0. The molecule has 0 aromatic carbocycles. The van der Waals surface area contributed by atoms with E-state index in [0.717, 1.165) is 12.8 Å². The molecule has 0 saturated carbocycles. The van der Waals surface area contributed by atoms with Crippen LogP contribution in [-0.2, 0) is 9.53 Å². The van der Waals surface area contributed by atoms with E-state index in [4.69, 9.17) is 4.74 Å². The second-order valence-corrected chi connectivity index (χ2v) is 3.44. The summed E-state index contributed by atoms with van der Waals surface area (Å²) in [7, 11) is 0. The van der Waals surface area contributed by atoms with Gasteiger partial charge in [-0.3, -0.25) is 4.79 Å². The number of hydrogen-bond donors (Lipinski definition) is 0. The molecular formula is C12H22O2. The predicted octanol–water partition coefficient (Wildman–Crippen LogP) is 3.32. The Balaban J connectivity index is 3.67. The summed E-state index contributed by atoms with van der Waals surface area (Å²) in [6, 6.07) is 0. The molecule has 14 heavy (non-hydrogen) atoms. The quantitative estimate of drug-likeness (QED) is 0.340. The Hall–Kier alpha value is -0.790. The monoisotopic (exact) mass is 198 g/mol. The molecule has 82 valence electrons. The highest BCUT2D eigenvalue weighted by Crippen LogP contribution is 2.13. The lowest BCUT2D eigenvalue weighted by Crippen LogP contribution is -2.15. The van der Waals surface area contributed by atoms with Crippen LogP contribution in [0, 0.1) is 5.92 Å². The molecule has 0 aliphatic carbocycles. The van der Waals surface area contributed by atoms with Gasteiger partial charge in [0.25, 0.3) is 0 Å². The number of unbranched alkanes of at least 4 members (excludes halogenated alkanes) is 3. The van der Waals surface area contributed by atoms with Gasteiger partial charge in [-0.05, 0) is 13.3 Å². The highest BCUT2D eigenvalue weighted by Gasteiger charge is 2.14. The third kappa shape index (κ3) is 5.79. The van der Waals surface area contributed by atoms with E-state index in [1.807, 2.05) is 6.92 Å². The van der Waals surface area contributed by atoms with Crippen LogP contribution in [0.4, 0.5) is 0 Å². The van der Waals surface area contributed by atoms with Crippen molar-refractivity contribution in [3.8, 4) is 0 Å². The fraction of sp³-hybridized carbons (Fsp3) is 0.750. The Kier molecular flexibility index (Phi) is 8.30. The van der Waals surface area contributed by atoms with Crippen molar-refractivity contribution in [2.24, 2.45) is 5.92 Å². The molecule has 0 fully saturated rings. The van der Waals surface area contributed by atoms with Gasteiger partial charge in [0, 0.05) is 0 Å². The van der Waals surface area contributed by atoms with Crippen molar-refractivity contribution in [3.05, 3.63) is 12.7 Å². The number of rotatable bonds is 8. The molecule has 0 aliphatic heterocycles. The van der Waals surface area contributed by atoms with E-state index in [1.165, 1.54) is 19.3 Å². The van der Waals surface area contributed by atoms with Crippen LogP contribution in [-0.4, -0.2) is 12.6 Å². The molecule has 2 nitrogen and oxygen atoms in total. The highest BCUT2D eigenvalue weighted by molar-refractivity contribution is 5.74. The fourth-order valence-corrected chi connectivity index (χ4v) is 1.37. The molecule has 0 N–H and O–H groups in total. The zero-order valence-corrected chi connectivity index (χ0v) is 9.42. The highest BCUT2D eigenvalue weighted by atomic mass is 16.5. The van der Waals surface area contributed by atoms with Gasteiger partial charge in [0.2, 0.25) is 0 Å².